The van der Waals surface area contributed by atoms with E-state index in [1.165, 1.54) is 37.5 Å². The Morgan fingerprint density at radius 2 is 1.88 bits per heavy atom. The zero-order chi connectivity index (χ0) is 23.1. The summed E-state index contributed by atoms with van der Waals surface area (Å²) in [5.74, 6) is -0.142. The third kappa shape index (κ3) is 6.07. The van der Waals surface area contributed by atoms with E-state index in [4.69, 9.17) is 4.74 Å². The monoisotopic (exact) mass is 462 g/mol. The first kappa shape index (κ1) is 23.3. The van der Waals surface area contributed by atoms with Crippen LogP contribution in [0.2, 0.25) is 0 Å². The fourth-order valence-corrected chi connectivity index (χ4v) is 3.85. The highest BCUT2D eigenvalue weighted by Gasteiger charge is 2.34. The topological polar surface area (TPSA) is 84.9 Å². The highest BCUT2D eigenvalue weighted by Crippen LogP contribution is 2.32. The van der Waals surface area contributed by atoms with Gasteiger partial charge in [0.15, 0.2) is 0 Å². The number of amides is 3. The minimum absolute atomic E-state index is 0.00545. The number of halogens is 2. The molecule has 0 aromatic heterocycles. The first-order valence-electron chi connectivity index (χ1n) is 9.56. The molecule has 1 heterocycles. The number of thioether (sulfide) groups is 1. The summed E-state index contributed by atoms with van der Waals surface area (Å²) in [5, 5.41) is 2.25. The van der Waals surface area contributed by atoms with Crippen LogP contribution in [-0.4, -0.2) is 48.8 Å². The zero-order valence-corrected chi connectivity index (χ0v) is 17.9. The molecule has 168 valence electrons. The Labute approximate surface area is 187 Å². The Morgan fingerprint density at radius 3 is 2.56 bits per heavy atom. The van der Waals surface area contributed by atoms with Crippen LogP contribution in [0.3, 0.4) is 0 Å². The molecule has 0 radical (unpaired) electrons. The molecule has 0 unspecified atom stereocenters. The molecule has 1 aliphatic rings. The first-order valence-corrected chi connectivity index (χ1v) is 10.4. The van der Waals surface area contributed by atoms with Crippen molar-refractivity contribution >= 4 is 34.9 Å². The highest BCUT2D eigenvalue weighted by atomic mass is 32.2. The van der Waals surface area contributed by atoms with E-state index in [2.05, 4.69) is 10.1 Å². The number of benzene rings is 2. The zero-order valence-electron chi connectivity index (χ0n) is 17.0. The first-order chi connectivity index (χ1) is 15.4. The number of para-hydroxylation sites is 1. The number of alkyl halides is 2. The van der Waals surface area contributed by atoms with E-state index >= 15 is 0 Å². The summed E-state index contributed by atoms with van der Waals surface area (Å²) in [5.41, 5.74) is 1.29. The van der Waals surface area contributed by atoms with E-state index in [9.17, 15) is 23.2 Å². The van der Waals surface area contributed by atoms with Gasteiger partial charge in [0.25, 0.3) is 11.1 Å². The second-order valence-corrected chi connectivity index (χ2v) is 7.61. The minimum Gasteiger partial charge on any atom is -0.496 e. The molecule has 0 spiro atoms. The maximum Gasteiger partial charge on any atom is 0.387 e. The Morgan fingerprint density at radius 1 is 1.16 bits per heavy atom. The van der Waals surface area contributed by atoms with Gasteiger partial charge in [-0.05, 0) is 41.6 Å². The van der Waals surface area contributed by atoms with Crippen molar-refractivity contribution in [3.63, 3.8) is 0 Å². The van der Waals surface area contributed by atoms with Crippen LogP contribution in [0.4, 0.5) is 13.6 Å². The molecule has 0 aliphatic carbocycles. The SMILES string of the molecule is COc1ccccc1CC(=O)NCCN1C(=O)S/C(=C/c2ccc(OC(F)F)cc2)C1=O. The summed E-state index contributed by atoms with van der Waals surface area (Å²) in [4.78, 5) is 38.2. The van der Waals surface area contributed by atoms with Crippen molar-refractivity contribution in [3.05, 3.63) is 64.6 Å². The lowest BCUT2D eigenvalue weighted by molar-refractivity contribution is -0.124. The summed E-state index contributed by atoms with van der Waals surface area (Å²) in [6, 6.07) is 12.9. The van der Waals surface area contributed by atoms with Gasteiger partial charge in [0, 0.05) is 18.7 Å². The van der Waals surface area contributed by atoms with Crippen LogP contribution < -0.4 is 14.8 Å². The molecule has 7 nitrogen and oxygen atoms in total. The lowest BCUT2D eigenvalue weighted by Gasteiger charge is -2.13. The number of methoxy groups -OCH3 is 1. The lowest BCUT2D eigenvalue weighted by atomic mass is 10.1. The molecule has 2 aromatic carbocycles. The van der Waals surface area contributed by atoms with E-state index in [-0.39, 0.29) is 36.1 Å². The van der Waals surface area contributed by atoms with Crippen molar-refractivity contribution in [1.29, 1.82) is 0 Å². The van der Waals surface area contributed by atoms with Gasteiger partial charge >= 0.3 is 6.61 Å². The molecular formula is C22H20F2N2O5S. The number of nitrogens with zero attached hydrogens (tertiary/aromatic N) is 1. The quantitative estimate of drug-likeness (QED) is 0.572. The average molecular weight is 462 g/mol. The normalized spacial score (nSPS) is 14.9. The molecule has 1 N–H and O–H groups in total. The molecule has 1 saturated heterocycles. The van der Waals surface area contributed by atoms with E-state index in [0.29, 0.717) is 11.3 Å². The number of carbonyl (C=O) groups is 3. The van der Waals surface area contributed by atoms with Crippen molar-refractivity contribution in [1.82, 2.24) is 10.2 Å². The van der Waals surface area contributed by atoms with Crippen molar-refractivity contribution < 1.29 is 32.6 Å². The fourth-order valence-electron chi connectivity index (χ4n) is 2.98. The van der Waals surface area contributed by atoms with Crippen LogP contribution >= 0.6 is 11.8 Å². The predicted molar refractivity (Wildman–Crippen MR) is 115 cm³/mol. The van der Waals surface area contributed by atoms with E-state index < -0.39 is 17.8 Å². The second-order valence-electron chi connectivity index (χ2n) is 6.62. The van der Waals surface area contributed by atoms with Gasteiger partial charge in [-0.25, -0.2) is 0 Å². The number of hydrogen-bond acceptors (Lipinski definition) is 6. The maximum atomic E-state index is 12.5. The summed E-state index contributed by atoms with van der Waals surface area (Å²) < 4.78 is 33.9. The van der Waals surface area contributed by atoms with Gasteiger partial charge in [0.05, 0.1) is 18.4 Å². The van der Waals surface area contributed by atoms with E-state index in [1.54, 1.807) is 24.3 Å². The van der Waals surface area contributed by atoms with Crippen LogP contribution in [0.15, 0.2) is 53.4 Å². The van der Waals surface area contributed by atoms with Crippen LogP contribution in [0.5, 0.6) is 11.5 Å². The molecule has 10 heteroatoms. The summed E-state index contributed by atoms with van der Waals surface area (Å²) in [6.07, 6.45) is 1.61. The van der Waals surface area contributed by atoms with Crippen molar-refractivity contribution in [2.45, 2.75) is 13.0 Å². The molecule has 2 aromatic rings. The largest absolute Gasteiger partial charge is 0.496 e. The van der Waals surface area contributed by atoms with Crippen LogP contribution in [0.1, 0.15) is 11.1 Å². The molecule has 32 heavy (non-hydrogen) atoms. The molecule has 1 fully saturated rings. The summed E-state index contributed by atoms with van der Waals surface area (Å²) >= 11 is 0.776. The molecule has 3 rings (SSSR count). The van der Waals surface area contributed by atoms with Gasteiger partial charge in [-0.3, -0.25) is 19.3 Å². The van der Waals surface area contributed by atoms with Crippen LogP contribution in [0.25, 0.3) is 6.08 Å². The Bertz CT molecular complexity index is 1030. The average Bonchev–Trinajstić information content (AvgIpc) is 3.02. The van der Waals surface area contributed by atoms with Gasteiger partial charge in [-0.1, -0.05) is 30.3 Å². The minimum atomic E-state index is -2.92. The van der Waals surface area contributed by atoms with Crippen LogP contribution in [-0.2, 0) is 16.0 Å². The lowest BCUT2D eigenvalue weighted by Crippen LogP contribution is -2.37. The summed E-state index contributed by atoms with van der Waals surface area (Å²) in [6.45, 7) is -2.78. The Hall–Kier alpha value is -3.40. The van der Waals surface area contributed by atoms with E-state index in [1.807, 2.05) is 0 Å². The second kappa shape index (κ2) is 10.8. The summed E-state index contributed by atoms with van der Waals surface area (Å²) in [7, 11) is 1.52. The highest BCUT2D eigenvalue weighted by molar-refractivity contribution is 8.18. The number of rotatable bonds is 9. The third-order valence-corrected chi connectivity index (χ3v) is 5.39. The molecule has 0 saturated carbocycles. The smallest absolute Gasteiger partial charge is 0.387 e. The fraction of sp³-hybridized carbons (Fsp3) is 0.227. The van der Waals surface area contributed by atoms with Gasteiger partial charge in [-0.15, -0.1) is 0 Å². The number of ether oxygens (including phenoxy) is 2. The van der Waals surface area contributed by atoms with Gasteiger partial charge in [-0.2, -0.15) is 8.78 Å². The van der Waals surface area contributed by atoms with Gasteiger partial charge < -0.3 is 14.8 Å². The third-order valence-electron chi connectivity index (χ3n) is 4.48. The van der Waals surface area contributed by atoms with Crippen molar-refractivity contribution in [2.75, 3.05) is 20.2 Å². The Balaban J connectivity index is 1.53. The molecule has 1 aliphatic heterocycles. The van der Waals surface area contributed by atoms with Gasteiger partial charge in [0.2, 0.25) is 5.91 Å². The van der Waals surface area contributed by atoms with Crippen LogP contribution in [0, 0.1) is 0 Å². The molecular weight excluding hydrogens is 442 g/mol. The van der Waals surface area contributed by atoms with E-state index in [0.717, 1.165) is 22.2 Å². The Kier molecular flexibility index (Phi) is 7.82. The van der Waals surface area contributed by atoms with Gasteiger partial charge in [0.1, 0.15) is 11.5 Å². The van der Waals surface area contributed by atoms with Crippen molar-refractivity contribution in [2.24, 2.45) is 0 Å². The number of carbonyl (C=O) groups excluding carboxylic acids is 3. The molecule has 0 bridgehead atoms. The van der Waals surface area contributed by atoms with Crippen molar-refractivity contribution in [3.8, 4) is 11.5 Å². The standard InChI is InChI=1S/C22H20F2N2O5S/c1-30-17-5-3-2-4-15(17)13-19(27)25-10-11-26-20(28)18(32-22(26)29)12-14-6-8-16(9-7-14)31-21(23)24/h2-9,12,21H,10-11,13H2,1H3,(H,25,27)/b18-12+. The maximum absolute atomic E-state index is 12.5. The molecule has 0 atom stereocenters. The molecule has 3 amide bonds. The predicted octanol–water partition coefficient (Wildman–Crippen LogP) is 3.69. The number of imide groups is 1. The number of hydrogen-bond donors (Lipinski definition) is 1. The number of nitrogens with one attached hydrogen (secondary N) is 1.